The number of carbonyl (C=O) groups is 1. The van der Waals surface area contributed by atoms with Crippen molar-refractivity contribution in [1.29, 1.82) is 0 Å². The van der Waals surface area contributed by atoms with Gasteiger partial charge in [0, 0.05) is 36.8 Å². The van der Waals surface area contributed by atoms with E-state index in [2.05, 4.69) is 25.6 Å². The molecule has 37 heavy (non-hydrogen) atoms. The van der Waals surface area contributed by atoms with Crippen molar-refractivity contribution in [1.82, 2.24) is 15.0 Å². The highest BCUT2D eigenvalue weighted by Gasteiger charge is 2.60. The van der Waals surface area contributed by atoms with Crippen molar-refractivity contribution in [2.45, 2.75) is 17.8 Å². The molecule has 2 aromatic heterocycles. The van der Waals surface area contributed by atoms with E-state index in [0.717, 1.165) is 22.4 Å². The molecule has 2 atom stereocenters. The zero-order valence-electron chi connectivity index (χ0n) is 19.9. The number of nitrogens with zero attached hydrogens (tertiary/aromatic N) is 4. The van der Waals surface area contributed by atoms with Gasteiger partial charge in [0.15, 0.2) is 0 Å². The van der Waals surface area contributed by atoms with E-state index >= 15 is 0 Å². The predicted molar refractivity (Wildman–Crippen MR) is 140 cm³/mol. The fraction of sp³-hybridized carbons (Fsp3) is 0.185. The van der Waals surface area contributed by atoms with Crippen LogP contribution < -0.4 is 16.4 Å². The van der Waals surface area contributed by atoms with Gasteiger partial charge in [-0.25, -0.2) is 15.0 Å². The lowest BCUT2D eigenvalue weighted by Crippen LogP contribution is -2.30. The second-order valence-corrected chi connectivity index (χ2v) is 8.86. The maximum atomic E-state index is 12.5. The van der Waals surface area contributed by atoms with Crippen molar-refractivity contribution in [3.05, 3.63) is 106 Å². The summed E-state index contributed by atoms with van der Waals surface area (Å²) in [6.07, 6.45) is 3.60. The molecule has 1 aliphatic rings. The molecule has 1 aliphatic carbocycles. The molecule has 2 unspecified atom stereocenters. The molecule has 0 saturated heterocycles. The summed E-state index contributed by atoms with van der Waals surface area (Å²) in [4.78, 5) is 35.6. The maximum Gasteiger partial charge on any atom is 0.287 e. The molecular weight excluding hydrogens is 470 g/mol. The van der Waals surface area contributed by atoms with E-state index in [-0.39, 0.29) is 17.5 Å². The number of aromatic nitrogens is 3. The van der Waals surface area contributed by atoms with E-state index < -0.39 is 10.3 Å². The van der Waals surface area contributed by atoms with Crippen molar-refractivity contribution in [2.24, 2.45) is 5.73 Å². The van der Waals surface area contributed by atoms with Crippen molar-refractivity contribution in [3.63, 3.8) is 0 Å². The molecular formula is C27H25N7O3. The van der Waals surface area contributed by atoms with Crippen LogP contribution in [-0.2, 0) is 10.2 Å². The molecule has 2 aromatic carbocycles. The third-order valence-corrected chi connectivity index (χ3v) is 6.63. The Morgan fingerprint density at radius 3 is 2.43 bits per heavy atom. The standard InChI is InChI=1S/C27H25N7O3/c28-25(35)27(16-22(27)18-4-2-1-3-5-18)20-8-6-19(7-9-20)23-12-13-30-26(33-23)31-15-14-29-24-11-10-21(17-32-24)34(36)37/h1-13,17,22H,14-16H2,(H2,28,35)(H,29,32)(H,30,31,33). The predicted octanol–water partition coefficient (Wildman–Crippen LogP) is 3.88. The zero-order chi connectivity index (χ0) is 25.8. The van der Waals surface area contributed by atoms with Crippen LogP contribution in [0.25, 0.3) is 11.3 Å². The van der Waals surface area contributed by atoms with Crippen molar-refractivity contribution in [2.75, 3.05) is 23.7 Å². The molecule has 4 aromatic rings. The van der Waals surface area contributed by atoms with E-state index in [4.69, 9.17) is 5.73 Å². The normalized spacial score (nSPS) is 18.1. The van der Waals surface area contributed by atoms with E-state index in [0.29, 0.717) is 31.3 Å². The van der Waals surface area contributed by atoms with Crippen molar-refractivity contribution in [3.8, 4) is 11.3 Å². The van der Waals surface area contributed by atoms with Gasteiger partial charge < -0.3 is 16.4 Å². The van der Waals surface area contributed by atoms with Crippen molar-refractivity contribution < 1.29 is 9.72 Å². The number of nitro groups is 1. The first-order chi connectivity index (χ1) is 18.0. The number of nitrogens with one attached hydrogen (secondary N) is 2. The maximum absolute atomic E-state index is 12.5. The van der Waals surface area contributed by atoms with Gasteiger partial charge in [-0.3, -0.25) is 14.9 Å². The lowest BCUT2D eigenvalue weighted by Gasteiger charge is -2.15. The Balaban J connectivity index is 1.21. The van der Waals surface area contributed by atoms with Gasteiger partial charge in [0.2, 0.25) is 11.9 Å². The number of hydrogen-bond acceptors (Lipinski definition) is 8. The number of nitrogens with two attached hydrogens (primary N) is 1. The highest BCUT2D eigenvalue weighted by atomic mass is 16.6. The minimum Gasteiger partial charge on any atom is -0.369 e. The van der Waals surface area contributed by atoms with E-state index in [1.54, 1.807) is 12.3 Å². The minimum absolute atomic E-state index is 0.0557. The van der Waals surface area contributed by atoms with Crippen LogP contribution in [0.2, 0.25) is 0 Å². The van der Waals surface area contributed by atoms with Gasteiger partial charge in [-0.15, -0.1) is 0 Å². The molecule has 0 radical (unpaired) electrons. The van der Waals surface area contributed by atoms with Crippen LogP contribution in [0.1, 0.15) is 23.5 Å². The molecule has 0 aliphatic heterocycles. The van der Waals surface area contributed by atoms with Gasteiger partial charge in [0.05, 0.1) is 16.0 Å². The first-order valence-corrected chi connectivity index (χ1v) is 11.8. The largest absolute Gasteiger partial charge is 0.369 e. The fourth-order valence-corrected chi connectivity index (χ4v) is 4.59. The SMILES string of the molecule is NC(=O)C1(c2ccc(-c3ccnc(NCCNc4ccc([N+](=O)[O-])cn4)n3)cc2)CC1c1ccccc1. The number of rotatable bonds is 10. The molecule has 1 fully saturated rings. The fourth-order valence-electron chi connectivity index (χ4n) is 4.59. The lowest BCUT2D eigenvalue weighted by atomic mass is 9.89. The summed E-state index contributed by atoms with van der Waals surface area (Å²) < 4.78 is 0. The second kappa shape index (κ2) is 10.0. The number of primary amides is 1. The van der Waals surface area contributed by atoms with E-state index in [9.17, 15) is 14.9 Å². The van der Waals surface area contributed by atoms with Gasteiger partial charge in [-0.2, -0.15) is 0 Å². The van der Waals surface area contributed by atoms with Gasteiger partial charge in [-0.05, 0) is 29.7 Å². The highest BCUT2D eigenvalue weighted by molar-refractivity contribution is 5.92. The Hall–Kier alpha value is -4.86. The topological polar surface area (TPSA) is 149 Å². The molecule has 2 heterocycles. The summed E-state index contributed by atoms with van der Waals surface area (Å²) in [5, 5.41) is 17.0. The summed E-state index contributed by atoms with van der Waals surface area (Å²) >= 11 is 0. The number of hydrogen-bond donors (Lipinski definition) is 3. The third-order valence-electron chi connectivity index (χ3n) is 6.63. The number of benzene rings is 2. The van der Waals surface area contributed by atoms with Crippen LogP contribution in [-0.4, -0.2) is 38.9 Å². The molecule has 10 nitrogen and oxygen atoms in total. The number of anilines is 2. The number of carbonyl (C=O) groups excluding carboxylic acids is 1. The summed E-state index contributed by atoms with van der Waals surface area (Å²) in [7, 11) is 0. The van der Waals surface area contributed by atoms with Gasteiger partial charge in [0.25, 0.3) is 5.69 Å². The molecule has 0 bridgehead atoms. The molecule has 1 saturated carbocycles. The minimum atomic E-state index is -0.677. The third kappa shape index (κ3) is 4.94. The van der Waals surface area contributed by atoms with Crippen LogP contribution in [0.5, 0.6) is 0 Å². The first kappa shape index (κ1) is 23.9. The summed E-state index contributed by atoms with van der Waals surface area (Å²) in [5.41, 5.74) is 8.82. The molecule has 186 valence electrons. The summed E-state index contributed by atoms with van der Waals surface area (Å²) in [5.74, 6) is 0.794. The second-order valence-electron chi connectivity index (χ2n) is 8.86. The molecule has 5 rings (SSSR count). The molecule has 4 N–H and O–H groups in total. The zero-order valence-corrected chi connectivity index (χ0v) is 19.9. The molecule has 0 spiro atoms. The van der Waals surface area contributed by atoms with Crippen LogP contribution in [0.4, 0.5) is 17.5 Å². The quantitative estimate of drug-likeness (QED) is 0.170. The van der Waals surface area contributed by atoms with Crippen LogP contribution in [0.15, 0.2) is 85.2 Å². The lowest BCUT2D eigenvalue weighted by molar-refractivity contribution is -0.385. The van der Waals surface area contributed by atoms with Gasteiger partial charge >= 0.3 is 0 Å². The number of pyridine rings is 1. The monoisotopic (exact) mass is 495 g/mol. The summed E-state index contributed by atoms with van der Waals surface area (Å²) in [6, 6.07) is 22.6. The van der Waals surface area contributed by atoms with Crippen LogP contribution in [0.3, 0.4) is 0 Å². The summed E-state index contributed by atoms with van der Waals surface area (Å²) in [6.45, 7) is 1.04. The molecule has 1 amide bonds. The Labute approximate surface area is 213 Å². The highest BCUT2D eigenvalue weighted by Crippen LogP contribution is 2.60. The average Bonchev–Trinajstić information content (AvgIpc) is 3.70. The van der Waals surface area contributed by atoms with Gasteiger partial charge in [0.1, 0.15) is 12.0 Å². The Morgan fingerprint density at radius 2 is 1.76 bits per heavy atom. The Kier molecular flexibility index (Phi) is 6.46. The van der Waals surface area contributed by atoms with Crippen LogP contribution in [0, 0.1) is 10.1 Å². The Morgan fingerprint density at radius 1 is 1.00 bits per heavy atom. The van der Waals surface area contributed by atoms with Gasteiger partial charge in [-0.1, -0.05) is 54.6 Å². The Bertz CT molecular complexity index is 1410. The smallest absolute Gasteiger partial charge is 0.287 e. The average molecular weight is 496 g/mol. The van der Waals surface area contributed by atoms with E-state index in [1.807, 2.05) is 60.7 Å². The molecule has 10 heteroatoms. The first-order valence-electron chi connectivity index (χ1n) is 11.8. The number of amides is 1. The van der Waals surface area contributed by atoms with E-state index in [1.165, 1.54) is 12.3 Å². The van der Waals surface area contributed by atoms with Crippen molar-refractivity contribution >= 4 is 23.4 Å². The van der Waals surface area contributed by atoms with Crippen LogP contribution >= 0.6 is 0 Å².